The van der Waals surface area contributed by atoms with Crippen LogP contribution in [0, 0.1) is 0 Å². The fourth-order valence-electron chi connectivity index (χ4n) is 3.23. The van der Waals surface area contributed by atoms with Crippen molar-refractivity contribution in [2.45, 2.75) is 6.61 Å². The number of aromatic nitrogens is 1. The molecule has 1 aromatic heterocycles. The molecule has 152 valence electrons. The molecule has 0 aliphatic heterocycles. The van der Waals surface area contributed by atoms with E-state index in [2.05, 4.69) is 0 Å². The normalized spacial score (nSPS) is 10.4. The zero-order valence-corrected chi connectivity index (χ0v) is 17.3. The van der Waals surface area contributed by atoms with E-state index in [1.165, 1.54) is 6.07 Å². The summed E-state index contributed by atoms with van der Waals surface area (Å²) in [5.41, 5.74) is 3.35. The molecule has 0 atom stereocenters. The van der Waals surface area contributed by atoms with E-state index in [-0.39, 0.29) is 35.1 Å². The van der Waals surface area contributed by atoms with Gasteiger partial charge < -0.3 is 14.4 Å². The zero-order valence-electron chi connectivity index (χ0n) is 15.8. The molecule has 4 nitrogen and oxygen atoms in total. The van der Waals surface area contributed by atoms with Crippen molar-refractivity contribution in [3.05, 3.63) is 106 Å². The number of halogens is 2. The van der Waals surface area contributed by atoms with Crippen LogP contribution < -0.4 is 4.74 Å². The van der Waals surface area contributed by atoms with E-state index in [9.17, 15) is 9.90 Å². The number of hydrogen-bond donors (Lipinski definition) is 1. The molecule has 0 aliphatic rings. The van der Waals surface area contributed by atoms with Crippen molar-refractivity contribution in [2.24, 2.45) is 0 Å². The van der Waals surface area contributed by atoms with Crippen LogP contribution in [0.2, 0.25) is 10.2 Å². The number of carboxylic acid groups (broad SMARTS) is 1. The van der Waals surface area contributed by atoms with Crippen molar-refractivity contribution in [1.82, 2.24) is 4.57 Å². The van der Waals surface area contributed by atoms with Crippen molar-refractivity contribution < 1.29 is 14.6 Å². The van der Waals surface area contributed by atoms with Crippen LogP contribution in [0.5, 0.6) is 5.75 Å². The van der Waals surface area contributed by atoms with Gasteiger partial charge in [0.2, 0.25) is 0 Å². The molecule has 0 radical (unpaired) electrons. The molecular formula is C24H18Cl2NNaO3. The van der Waals surface area contributed by atoms with Crippen LogP contribution in [-0.2, 0) is 6.61 Å². The van der Waals surface area contributed by atoms with E-state index in [1.807, 2.05) is 48.5 Å². The average molecular weight is 462 g/mol. The van der Waals surface area contributed by atoms with Gasteiger partial charge in [-0.1, -0.05) is 59.6 Å². The number of benzene rings is 3. The molecular weight excluding hydrogens is 444 g/mol. The van der Waals surface area contributed by atoms with Gasteiger partial charge in [-0.25, -0.2) is 4.79 Å². The number of ether oxygens (including phenoxy) is 1. The number of carboxylic acids is 1. The number of carbonyl (C=O) groups is 1. The minimum atomic E-state index is -1.00. The van der Waals surface area contributed by atoms with Crippen LogP contribution >= 0.6 is 23.2 Å². The van der Waals surface area contributed by atoms with E-state index in [0.29, 0.717) is 28.2 Å². The predicted molar refractivity (Wildman–Crippen MR) is 126 cm³/mol. The van der Waals surface area contributed by atoms with Gasteiger partial charge >= 0.3 is 35.5 Å². The summed E-state index contributed by atoms with van der Waals surface area (Å²) in [7, 11) is 0. The van der Waals surface area contributed by atoms with E-state index >= 15 is 0 Å². The number of rotatable bonds is 6. The van der Waals surface area contributed by atoms with E-state index in [4.69, 9.17) is 27.9 Å². The first-order valence-electron chi connectivity index (χ1n) is 9.20. The first kappa shape index (κ1) is 23.5. The Morgan fingerprint density at radius 3 is 2.42 bits per heavy atom. The van der Waals surface area contributed by atoms with Crippen LogP contribution in [0.1, 0.15) is 15.9 Å². The van der Waals surface area contributed by atoms with Crippen LogP contribution in [0.25, 0.3) is 16.9 Å². The monoisotopic (exact) mass is 461 g/mol. The van der Waals surface area contributed by atoms with Crippen molar-refractivity contribution in [3.63, 3.8) is 0 Å². The molecule has 1 heterocycles. The Labute approximate surface area is 212 Å². The maximum absolute atomic E-state index is 11.4. The van der Waals surface area contributed by atoms with Crippen molar-refractivity contribution >= 4 is 58.7 Å². The fourth-order valence-corrected chi connectivity index (χ4v) is 3.65. The Morgan fingerprint density at radius 1 is 0.903 bits per heavy atom. The summed E-state index contributed by atoms with van der Waals surface area (Å²) in [6, 6.07) is 25.5. The molecule has 0 bridgehead atoms. The molecule has 1 N–H and O–H groups in total. The second-order valence-electron chi connectivity index (χ2n) is 6.65. The Hall–Kier alpha value is -2.21. The molecule has 4 rings (SSSR count). The van der Waals surface area contributed by atoms with Gasteiger partial charge in [0.25, 0.3) is 0 Å². The third kappa shape index (κ3) is 5.35. The molecule has 7 heteroatoms. The Kier molecular flexibility index (Phi) is 7.87. The standard InChI is InChI=1S/C24H17Cl2NO3.Na.H/c25-18-9-11-22(30-15-16-5-2-1-3-6-16)20(14-18)21-10-12-23(26)27(21)19-8-4-7-17(13-19)24(28)29;;/h1-14H,15H2,(H,28,29);;. The molecule has 0 saturated carbocycles. The van der Waals surface area contributed by atoms with E-state index in [0.717, 1.165) is 16.8 Å². The fraction of sp³-hybridized carbons (Fsp3) is 0.0417. The molecule has 0 unspecified atom stereocenters. The molecule has 0 fully saturated rings. The molecule has 3 aromatic carbocycles. The summed E-state index contributed by atoms with van der Waals surface area (Å²) in [4.78, 5) is 11.4. The van der Waals surface area contributed by atoms with Crippen LogP contribution in [0.3, 0.4) is 0 Å². The van der Waals surface area contributed by atoms with Crippen LogP contribution in [0.4, 0.5) is 0 Å². The van der Waals surface area contributed by atoms with Crippen molar-refractivity contribution in [2.75, 3.05) is 0 Å². The predicted octanol–water partition coefficient (Wildman–Crippen LogP) is 6.08. The Balaban J connectivity index is 0.00000272. The van der Waals surface area contributed by atoms with Gasteiger partial charge in [-0.15, -0.1) is 0 Å². The molecule has 4 aromatic rings. The summed E-state index contributed by atoms with van der Waals surface area (Å²) < 4.78 is 7.86. The minimum absolute atomic E-state index is 0. The topological polar surface area (TPSA) is 51.5 Å². The van der Waals surface area contributed by atoms with Gasteiger partial charge in [0.1, 0.15) is 17.5 Å². The van der Waals surface area contributed by atoms with Gasteiger partial charge in [-0.3, -0.25) is 0 Å². The number of nitrogens with zero attached hydrogens (tertiary/aromatic N) is 1. The third-order valence-corrected chi connectivity index (χ3v) is 5.17. The summed E-state index contributed by atoms with van der Waals surface area (Å²) >= 11 is 12.7. The molecule has 0 aliphatic carbocycles. The number of aromatic carboxylic acids is 1. The SMILES string of the molecule is O=C(O)c1cccc(-n2c(Cl)ccc2-c2cc(Cl)ccc2OCc2ccccc2)c1.[NaH]. The van der Waals surface area contributed by atoms with Crippen molar-refractivity contribution in [1.29, 1.82) is 0 Å². The van der Waals surface area contributed by atoms with Crippen molar-refractivity contribution in [3.8, 4) is 22.7 Å². The first-order chi connectivity index (χ1) is 14.5. The summed E-state index contributed by atoms with van der Waals surface area (Å²) in [6.07, 6.45) is 0. The Bertz CT molecular complexity index is 1210. The van der Waals surface area contributed by atoms with Gasteiger partial charge in [0, 0.05) is 16.3 Å². The summed E-state index contributed by atoms with van der Waals surface area (Å²) in [6.45, 7) is 0.401. The van der Waals surface area contributed by atoms with Gasteiger partial charge in [0.05, 0.1) is 11.3 Å². The second-order valence-corrected chi connectivity index (χ2v) is 7.47. The first-order valence-corrected chi connectivity index (χ1v) is 9.96. The van der Waals surface area contributed by atoms with Gasteiger partial charge in [0.15, 0.2) is 0 Å². The van der Waals surface area contributed by atoms with Crippen LogP contribution in [-0.4, -0.2) is 45.2 Å². The summed E-state index contributed by atoms with van der Waals surface area (Å²) in [5, 5.41) is 10.3. The molecule has 0 spiro atoms. The van der Waals surface area contributed by atoms with Crippen LogP contribution in [0.15, 0.2) is 84.9 Å². The average Bonchev–Trinajstić information content (AvgIpc) is 3.15. The quantitative estimate of drug-likeness (QED) is 0.354. The molecule has 31 heavy (non-hydrogen) atoms. The third-order valence-electron chi connectivity index (χ3n) is 4.64. The summed E-state index contributed by atoms with van der Waals surface area (Å²) in [5.74, 6) is -0.357. The van der Waals surface area contributed by atoms with E-state index in [1.54, 1.807) is 34.9 Å². The second kappa shape index (κ2) is 10.4. The Morgan fingerprint density at radius 2 is 1.68 bits per heavy atom. The molecule has 0 amide bonds. The number of hydrogen-bond acceptors (Lipinski definition) is 2. The van der Waals surface area contributed by atoms with Gasteiger partial charge in [-0.2, -0.15) is 0 Å². The van der Waals surface area contributed by atoms with E-state index < -0.39 is 5.97 Å². The maximum atomic E-state index is 11.4. The molecule has 0 saturated heterocycles. The van der Waals surface area contributed by atoms with Gasteiger partial charge in [-0.05, 0) is 54.1 Å². The zero-order chi connectivity index (χ0) is 21.1.